The molecule has 0 radical (unpaired) electrons. The molecular weight excluding hydrogens is 362 g/mol. The van der Waals surface area contributed by atoms with Gasteiger partial charge in [-0.3, -0.25) is 4.99 Å². The lowest BCUT2D eigenvalue weighted by Crippen LogP contribution is -2.42. The molecule has 0 saturated carbocycles. The van der Waals surface area contributed by atoms with Crippen molar-refractivity contribution in [1.82, 2.24) is 0 Å². The first kappa shape index (κ1) is 19.3. The van der Waals surface area contributed by atoms with Gasteiger partial charge in [0.05, 0.1) is 17.1 Å². The van der Waals surface area contributed by atoms with Gasteiger partial charge in [-0.1, -0.05) is 49.7 Å². The largest absolute Gasteiger partial charge is 0.324 e. The van der Waals surface area contributed by atoms with Crippen LogP contribution in [-0.2, 0) is 0 Å². The third kappa shape index (κ3) is 4.43. The minimum atomic E-state index is -0.122. The lowest BCUT2D eigenvalue weighted by molar-refractivity contribution is 0.446. The van der Waals surface area contributed by atoms with Gasteiger partial charge in [0.15, 0.2) is 0 Å². The first-order chi connectivity index (χ1) is 12.5. The van der Waals surface area contributed by atoms with Crippen LogP contribution in [0.1, 0.15) is 38.7 Å². The number of hydrogen-bond donors (Lipinski definition) is 1. The van der Waals surface area contributed by atoms with E-state index in [-0.39, 0.29) is 5.54 Å². The van der Waals surface area contributed by atoms with Gasteiger partial charge in [0.1, 0.15) is 0 Å². The summed E-state index contributed by atoms with van der Waals surface area (Å²) < 4.78 is 2.35. The molecule has 26 heavy (non-hydrogen) atoms. The Bertz CT molecular complexity index is 786. The number of halogens is 1. The van der Waals surface area contributed by atoms with Gasteiger partial charge in [0.2, 0.25) is 0 Å². The van der Waals surface area contributed by atoms with E-state index in [4.69, 9.17) is 22.3 Å². The van der Waals surface area contributed by atoms with Crippen molar-refractivity contribution in [2.24, 2.45) is 10.7 Å². The smallest absolute Gasteiger partial charge is 0.0875 e. The molecule has 0 unspecified atom stereocenters. The Hall–Kier alpha value is -1.49. The number of rotatable bonds is 6. The van der Waals surface area contributed by atoms with Gasteiger partial charge < -0.3 is 10.0 Å². The number of nitrogens with two attached hydrogens (primary N) is 1. The molecule has 1 aliphatic heterocycles. The van der Waals surface area contributed by atoms with Crippen LogP contribution in [0.2, 0.25) is 5.02 Å². The van der Waals surface area contributed by atoms with Crippen molar-refractivity contribution in [1.29, 1.82) is 0 Å². The molecule has 0 fully saturated rings. The van der Waals surface area contributed by atoms with Crippen molar-refractivity contribution in [3.63, 3.8) is 0 Å². The Kier molecular flexibility index (Phi) is 6.28. The minimum Gasteiger partial charge on any atom is -0.324 e. The molecule has 5 heteroatoms. The number of benzene rings is 2. The summed E-state index contributed by atoms with van der Waals surface area (Å²) in [4.78, 5) is 4.96. The average molecular weight is 388 g/mol. The van der Waals surface area contributed by atoms with E-state index in [1.165, 1.54) is 0 Å². The summed E-state index contributed by atoms with van der Waals surface area (Å²) in [5, 5.41) is 0.743. The lowest BCUT2D eigenvalue weighted by Gasteiger charge is -2.30. The fourth-order valence-corrected chi connectivity index (χ4v) is 4.50. The number of aliphatic imine (C=N–C) groups is 1. The van der Waals surface area contributed by atoms with Crippen LogP contribution in [0.15, 0.2) is 53.5 Å². The van der Waals surface area contributed by atoms with E-state index in [2.05, 4.69) is 42.4 Å². The molecule has 0 amide bonds. The fraction of sp³-hybridized carbons (Fsp3) is 0.381. The van der Waals surface area contributed by atoms with E-state index in [0.717, 1.165) is 59.2 Å². The Labute approximate surface area is 165 Å². The highest BCUT2D eigenvalue weighted by Gasteiger charge is 2.24. The lowest BCUT2D eigenvalue weighted by atomic mass is 9.97. The van der Waals surface area contributed by atoms with E-state index in [9.17, 15) is 0 Å². The molecule has 0 atom stereocenters. The number of nitrogens with zero attached hydrogens (tertiary/aromatic N) is 2. The van der Waals surface area contributed by atoms with Crippen molar-refractivity contribution in [3.8, 4) is 0 Å². The Balaban J connectivity index is 1.86. The van der Waals surface area contributed by atoms with Crippen molar-refractivity contribution in [2.75, 3.05) is 16.6 Å². The van der Waals surface area contributed by atoms with Gasteiger partial charge in [0, 0.05) is 29.3 Å². The summed E-state index contributed by atoms with van der Waals surface area (Å²) in [6.07, 6.45) is 2.84. The molecule has 2 aromatic rings. The van der Waals surface area contributed by atoms with Gasteiger partial charge in [-0.2, -0.15) is 0 Å². The van der Waals surface area contributed by atoms with E-state index in [0.29, 0.717) is 0 Å². The van der Waals surface area contributed by atoms with Crippen LogP contribution in [0, 0.1) is 0 Å². The van der Waals surface area contributed by atoms with Crippen molar-refractivity contribution in [3.05, 3.63) is 59.1 Å². The maximum absolute atomic E-state index is 6.52. The number of anilines is 1. The van der Waals surface area contributed by atoms with Gasteiger partial charge in [-0.05, 0) is 54.6 Å². The second kappa shape index (κ2) is 8.47. The van der Waals surface area contributed by atoms with Gasteiger partial charge >= 0.3 is 0 Å². The molecule has 0 aliphatic carbocycles. The monoisotopic (exact) mass is 387 g/mol. The molecule has 3 nitrogen and oxygen atoms in total. The van der Waals surface area contributed by atoms with E-state index in [1.54, 1.807) is 0 Å². The van der Waals surface area contributed by atoms with Crippen LogP contribution < -0.4 is 10.0 Å². The molecule has 0 aromatic heterocycles. The fourth-order valence-electron chi connectivity index (χ4n) is 2.97. The standard InChI is InChI=1S/C21H26ClN3S/c1-3-21(23,4-2)15-26-25-13-12-18(16-8-7-9-17(22)14-16)24-19-10-5-6-11-20(19)25/h5-11,14H,3-4,12-13,15,23H2,1-2H3. The third-order valence-electron chi connectivity index (χ3n) is 5.03. The summed E-state index contributed by atoms with van der Waals surface area (Å²) in [6, 6.07) is 16.3. The van der Waals surface area contributed by atoms with Crippen molar-refractivity contribution >= 4 is 40.6 Å². The van der Waals surface area contributed by atoms with E-state index >= 15 is 0 Å². The van der Waals surface area contributed by atoms with Crippen LogP contribution in [0.5, 0.6) is 0 Å². The third-order valence-corrected chi connectivity index (χ3v) is 6.66. The molecule has 3 rings (SSSR count). The van der Waals surface area contributed by atoms with E-state index in [1.807, 2.05) is 36.2 Å². The SMILES string of the molecule is CCC(N)(CC)CSN1CCC(c2cccc(Cl)c2)=Nc2ccccc21. The predicted molar refractivity (Wildman–Crippen MR) is 116 cm³/mol. The topological polar surface area (TPSA) is 41.6 Å². The molecule has 1 aliphatic rings. The average Bonchev–Trinajstić information content (AvgIpc) is 2.86. The maximum atomic E-state index is 6.52. The van der Waals surface area contributed by atoms with Gasteiger partial charge in [-0.15, -0.1) is 0 Å². The molecule has 2 aromatic carbocycles. The summed E-state index contributed by atoms with van der Waals surface area (Å²) >= 11 is 8.00. The molecule has 0 bridgehead atoms. The quantitative estimate of drug-likeness (QED) is 0.633. The van der Waals surface area contributed by atoms with Crippen LogP contribution >= 0.6 is 23.5 Å². The molecule has 138 valence electrons. The van der Waals surface area contributed by atoms with E-state index < -0.39 is 0 Å². The van der Waals surface area contributed by atoms with Crippen LogP contribution in [-0.4, -0.2) is 23.5 Å². The molecule has 0 spiro atoms. The normalized spacial score (nSPS) is 14.6. The number of para-hydroxylation sites is 2. The van der Waals surface area contributed by atoms with Gasteiger partial charge in [0.25, 0.3) is 0 Å². The van der Waals surface area contributed by atoms with Crippen molar-refractivity contribution < 1.29 is 0 Å². The summed E-state index contributed by atoms with van der Waals surface area (Å²) in [7, 11) is 0. The predicted octanol–water partition coefficient (Wildman–Crippen LogP) is 5.84. The first-order valence-corrected chi connectivity index (χ1v) is 10.5. The molecular formula is C21H26ClN3S. The Morgan fingerprint density at radius 2 is 1.92 bits per heavy atom. The van der Waals surface area contributed by atoms with Crippen LogP contribution in [0.4, 0.5) is 11.4 Å². The molecule has 2 N–H and O–H groups in total. The highest BCUT2D eigenvalue weighted by Crippen LogP contribution is 2.37. The summed E-state index contributed by atoms with van der Waals surface area (Å²) in [6.45, 7) is 5.23. The highest BCUT2D eigenvalue weighted by atomic mass is 35.5. The van der Waals surface area contributed by atoms with Crippen LogP contribution in [0.3, 0.4) is 0 Å². The number of fused-ring (bicyclic) bond motifs is 1. The van der Waals surface area contributed by atoms with Crippen molar-refractivity contribution in [2.45, 2.75) is 38.6 Å². The van der Waals surface area contributed by atoms with Gasteiger partial charge in [-0.25, -0.2) is 0 Å². The summed E-state index contributed by atoms with van der Waals surface area (Å²) in [5.74, 6) is 0.904. The number of hydrogen-bond acceptors (Lipinski definition) is 4. The highest BCUT2D eigenvalue weighted by molar-refractivity contribution is 8.00. The zero-order chi connectivity index (χ0) is 18.6. The second-order valence-electron chi connectivity index (χ2n) is 6.75. The van der Waals surface area contributed by atoms with Crippen LogP contribution in [0.25, 0.3) is 0 Å². The minimum absolute atomic E-state index is 0.122. The Morgan fingerprint density at radius 3 is 2.65 bits per heavy atom. The second-order valence-corrected chi connectivity index (χ2v) is 8.18. The first-order valence-electron chi connectivity index (χ1n) is 9.16. The summed E-state index contributed by atoms with van der Waals surface area (Å²) in [5.41, 5.74) is 10.7. The maximum Gasteiger partial charge on any atom is 0.0875 e. The zero-order valence-electron chi connectivity index (χ0n) is 15.4. The zero-order valence-corrected chi connectivity index (χ0v) is 17.0. The molecule has 0 saturated heterocycles. The molecule has 1 heterocycles. The Morgan fingerprint density at radius 1 is 1.15 bits per heavy atom.